The van der Waals surface area contributed by atoms with Gasteiger partial charge in [0.05, 0.1) is 13.2 Å². The third kappa shape index (κ3) is 85.7. The van der Waals surface area contributed by atoms with Gasteiger partial charge < -0.3 is 14.2 Å². The van der Waals surface area contributed by atoms with Gasteiger partial charge in [0.15, 0.2) is 0 Å². The van der Waals surface area contributed by atoms with E-state index in [-0.39, 0.29) is 29.0 Å². The van der Waals surface area contributed by atoms with Crippen LogP contribution in [0.5, 0.6) is 5.75 Å². The first-order valence-electron chi connectivity index (χ1n) is 38.7. The maximum absolute atomic E-state index is 7.63. The standard InChI is InChI=1S/C13H24.C8H16.C7H8O.2C7H14.C6H12.C6H14.2C5H12.C4H10O.C4H10.C3H8.C2H6O/c1-11-7-9-13(10-8-11)12-5-3-2-4-6-12;1-2-8-6-4-3-5-7-8;1-8-7-5-3-2-4-6-7;1-7-5-3-2-4-6-7;1-2-7-5-3-4-6-7;1-6-4-2-3-5-6;1-5-6(2,3)4;1-5(2,3)4;1-4-5(2)3;1-4(2)5-3;1-4(2)3;2*1-3-2/h11-13H,2-10H2,1H3;8H,2-7H2,1H3;2-6H,1H3;2*7H,2-6H2,1H3;6H,2-5H2,1H3;5H2,1-4H3;1-4H3;5H,4H2,1-3H3;4H,1-3H3;4H,1-3H3;3H2,1-2H3;1-2H3/i;2D2;;7D;2D2;6D;5D2;;4D2;;4D;;. The van der Waals surface area contributed by atoms with E-state index in [1.807, 2.05) is 113 Å². The summed E-state index contributed by atoms with van der Waals surface area (Å²) in [6, 6.07) is 9.68. The Bertz CT molecular complexity index is 1610. The highest BCUT2D eigenvalue weighted by Crippen LogP contribution is 2.39. The minimum absolute atomic E-state index is 0.0556. The van der Waals surface area contributed by atoms with Crippen LogP contribution in [0, 0.1) is 64.0 Å². The van der Waals surface area contributed by atoms with Crippen LogP contribution in [-0.2, 0) is 9.47 Å². The van der Waals surface area contributed by atoms with Crippen LogP contribution in [0.1, 0.15) is 380 Å². The van der Waals surface area contributed by atoms with E-state index in [9.17, 15) is 0 Å². The molecule has 0 aliphatic heterocycles. The maximum Gasteiger partial charge on any atom is 0.118 e. The largest absolute Gasteiger partial charge is 0.497 e. The summed E-state index contributed by atoms with van der Waals surface area (Å²) in [4.78, 5) is 0. The molecule has 6 aliphatic carbocycles. The molecule has 486 valence electrons. The average molecular weight is 1150 g/mol. The molecule has 0 saturated heterocycles. The van der Waals surface area contributed by atoms with Gasteiger partial charge in [0.1, 0.15) is 5.75 Å². The third-order valence-electron chi connectivity index (χ3n) is 14.1. The van der Waals surface area contributed by atoms with E-state index < -0.39 is 25.5 Å². The maximum atomic E-state index is 7.63. The van der Waals surface area contributed by atoms with Crippen molar-refractivity contribution < 1.29 is 29.3 Å². The van der Waals surface area contributed by atoms with Crippen molar-refractivity contribution in [3.63, 3.8) is 0 Å². The van der Waals surface area contributed by atoms with Crippen LogP contribution in [0.3, 0.4) is 0 Å². The lowest BCUT2D eigenvalue weighted by Gasteiger charge is -2.34. The van der Waals surface area contributed by atoms with Crippen molar-refractivity contribution in [1.29, 1.82) is 0 Å². The number of hydrogen-bond acceptors (Lipinski definition) is 3. The fourth-order valence-corrected chi connectivity index (χ4v) is 8.66. The smallest absolute Gasteiger partial charge is 0.118 e. The van der Waals surface area contributed by atoms with Gasteiger partial charge in [0.2, 0.25) is 0 Å². The highest BCUT2D eigenvalue weighted by molar-refractivity contribution is 5.20. The van der Waals surface area contributed by atoms with Crippen LogP contribution in [0.4, 0.5) is 0 Å². The van der Waals surface area contributed by atoms with Gasteiger partial charge >= 0.3 is 0 Å². The lowest BCUT2D eigenvalue weighted by Crippen LogP contribution is -2.22. The number of methoxy groups -OCH3 is 3. The zero-order valence-corrected chi connectivity index (χ0v) is 60.0. The minimum atomic E-state index is -1.06. The Morgan fingerprint density at radius 3 is 0.938 bits per heavy atom. The summed E-state index contributed by atoms with van der Waals surface area (Å²) in [6.07, 6.45) is 33.1. The quantitative estimate of drug-likeness (QED) is 0.284. The van der Waals surface area contributed by atoms with Gasteiger partial charge in [-0.3, -0.25) is 0 Å². The molecule has 80 heavy (non-hydrogen) atoms. The topological polar surface area (TPSA) is 27.7 Å². The predicted molar refractivity (Wildman–Crippen MR) is 371 cm³/mol. The fraction of sp³-hybridized carbons (Fsp3) is 0.922. The van der Waals surface area contributed by atoms with E-state index in [2.05, 4.69) is 53.2 Å². The van der Waals surface area contributed by atoms with Gasteiger partial charge in [-0.2, -0.15) is 0 Å². The number of hydrogen-bond donors (Lipinski definition) is 0. The van der Waals surface area contributed by atoms with Crippen molar-refractivity contribution in [1.82, 2.24) is 0 Å². The first-order valence-corrected chi connectivity index (χ1v) is 33.2. The Kier molecular flexibility index (Phi) is 55.7. The van der Waals surface area contributed by atoms with Crippen molar-refractivity contribution in [2.75, 3.05) is 28.4 Å². The molecule has 3 heteroatoms. The van der Waals surface area contributed by atoms with E-state index in [1.165, 1.54) is 103 Å². The van der Waals surface area contributed by atoms with Crippen LogP contribution >= 0.6 is 0 Å². The molecule has 0 unspecified atom stereocenters. The molecule has 0 spiro atoms. The van der Waals surface area contributed by atoms with E-state index >= 15 is 0 Å². The molecule has 7 rings (SSSR count). The number of ether oxygens (including phenoxy) is 3. The Morgan fingerprint density at radius 1 is 0.487 bits per heavy atom. The second-order valence-electron chi connectivity index (χ2n) is 27.4. The van der Waals surface area contributed by atoms with Crippen LogP contribution < -0.4 is 4.74 Å². The minimum Gasteiger partial charge on any atom is -0.497 e. The molecule has 6 aliphatic rings. The van der Waals surface area contributed by atoms with Gasteiger partial charge in [0.25, 0.3) is 0 Å². The summed E-state index contributed by atoms with van der Waals surface area (Å²) in [7, 11) is 6.61. The van der Waals surface area contributed by atoms with Gasteiger partial charge in [-0.1, -0.05) is 356 Å². The highest BCUT2D eigenvalue weighted by Gasteiger charge is 2.27. The van der Waals surface area contributed by atoms with Gasteiger partial charge in [-0.15, -0.1) is 0 Å². The van der Waals surface area contributed by atoms with Gasteiger partial charge in [-0.25, -0.2) is 0 Å². The van der Waals surface area contributed by atoms with Crippen molar-refractivity contribution in [3.05, 3.63) is 30.3 Å². The molecular formula is C77H160O3. The summed E-state index contributed by atoms with van der Waals surface area (Å²) in [6.45, 7) is 45.1. The fourth-order valence-electron chi connectivity index (χ4n) is 8.66. The first-order chi connectivity index (χ1) is 41.2. The molecule has 6 saturated carbocycles. The summed E-state index contributed by atoms with van der Waals surface area (Å²) >= 11 is 0. The lowest BCUT2D eigenvalue weighted by atomic mass is 9.71. The predicted octanol–water partition coefficient (Wildman–Crippen LogP) is 27.4. The molecule has 3 nitrogen and oxygen atoms in total. The van der Waals surface area contributed by atoms with Crippen LogP contribution in [-0.4, -0.2) is 34.5 Å². The molecule has 0 amide bonds. The zero-order valence-electron chi connectivity index (χ0n) is 71.0. The molecule has 0 heterocycles. The average Bonchev–Trinajstić information content (AvgIpc) is 4.32. The Morgan fingerprint density at radius 2 is 0.738 bits per heavy atom. The summed E-state index contributed by atoms with van der Waals surface area (Å²) in [5.41, 5.74) is 0.271. The van der Waals surface area contributed by atoms with Crippen LogP contribution in [0.25, 0.3) is 0 Å². The van der Waals surface area contributed by atoms with E-state index in [0.29, 0.717) is 23.4 Å². The Hall–Kier alpha value is -1.06. The second kappa shape index (κ2) is 65.5. The summed E-state index contributed by atoms with van der Waals surface area (Å²) in [5, 5.41) is 0. The van der Waals surface area contributed by atoms with E-state index in [4.69, 9.17) is 24.6 Å². The van der Waals surface area contributed by atoms with Crippen molar-refractivity contribution in [2.45, 2.75) is 371 Å². The third-order valence-corrected chi connectivity index (χ3v) is 14.1. The molecule has 0 atom stereocenters. The summed E-state index contributed by atoms with van der Waals surface area (Å²) < 4.78 is 94.3. The first kappa shape index (κ1) is 68.1. The highest BCUT2D eigenvalue weighted by atomic mass is 16.5. The summed E-state index contributed by atoms with van der Waals surface area (Å²) in [5.74, 6) is 4.62. The van der Waals surface area contributed by atoms with Gasteiger partial charge in [0, 0.05) is 36.4 Å². The number of para-hydroxylation sites is 1. The van der Waals surface area contributed by atoms with Crippen molar-refractivity contribution in [3.8, 4) is 5.75 Å². The molecule has 1 aromatic carbocycles. The molecule has 0 radical (unpaired) electrons. The molecule has 0 N–H and O–H groups in total. The Labute approximate surface area is 526 Å². The number of benzene rings is 1. The Balaban J connectivity index is -0.000000219. The molecule has 6 fully saturated rings. The second-order valence-corrected chi connectivity index (χ2v) is 27.4. The van der Waals surface area contributed by atoms with Crippen LogP contribution in [0.2, 0.25) is 0 Å². The SMILES string of the molecule is CC(C)(C)C.CC1CCC(C2CCCCC2)CC1.CCC.COC.COC(C)C.COc1ccccc1.[2H]C(C)(C)C.[2H]C([2H])(C)C(C)(C)C.[2H]C([2H])(C)C(C)C.[2H]C([2H])(C)C1CCCC1.[2H]C([2H])(C)C1CCCCC1.[2H]C1(C)CCCC1.[2H]C1(C)CCCCC1. The van der Waals surface area contributed by atoms with E-state index in [0.717, 1.165) is 74.9 Å². The van der Waals surface area contributed by atoms with Crippen molar-refractivity contribution >= 4 is 0 Å². The molecule has 1 aromatic rings. The van der Waals surface area contributed by atoms with E-state index in [1.54, 1.807) is 81.8 Å². The lowest BCUT2D eigenvalue weighted by molar-refractivity contribution is 0.134. The van der Waals surface area contributed by atoms with Crippen LogP contribution in [0.15, 0.2) is 30.3 Å². The van der Waals surface area contributed by atoms with Gasteiger partial charge in [-0.05, 0) is 103 Å². The molecular weight excluding hydrogens is 973 g/mol. The zero-order chi connectivity index (χ0) is 72.6. The monoisotopic (exact) mass is 1140 g/mol. The normalized spacial score (nSPS) is 22.9. The van der Waals surface area contributed by atoms with Crippen molar-refractivity contribution in [2.24, 2.45) is 64.0 Å². The number of rotatable bonds is 6. The molecule has 0 aromatic heterocycles. The molecule has 0 bridgehead atoms.